The third kappa shape index (κ3) is 3.98. The second-order valence-electron chi connectivity index (χ2n) is 6.41. The van der Waals surface area contributed by atoms with Crippen molar-refractivity contribution in [1.82, 2.24) is 0 Å². The standard InChI is InChI=1S/C11H11NO3.C10H11NO2/c1-15-9-4-2-7(6-13)11-8(9)3-5-10(14)12-11;1-13-9-4-2-3-8-7(9)5-6-10(12)11-8/h2,4,6H,3,5H2,1H3,(H,12,14);2-4H,5-6H2,1H3,(H,11,12). The van der Waals surface area contributed by atoms with Crippen LogP contribution in [0.2, 0.25) is 0 Å². The van der Waals surface area contributed by atoms with Crippen LogP contribution in [0.5, 0.6) is 11.5 Å². The second kappa shape index (κ2) is 8.56. The lowest BCUT2D eigenvalue weighted by atomic mass is 9.98. The highest BCUT2D eigenvalue weighted by Gasteiger charge is 2.21. The number of ether oxygens (including phenoxy) is 2. The first kappa shape index (κ1) is 19.4. The van der Waals surface area contributed by atoms with Crippen LogP contribution >= 0.6 is 0 Å². The van der Waals surface area contributed by atoms with Gasteiger partial charge in [-0.05, 0) is 37.1 Å². The van der Waals surface area contributed by atoms with Gasteiger partial charge in [0.25, 0.3) is 0 Å². The Morgan fingerprint density at radius 1 is 0.821 bits per heavy atom. The molecule has 0 unspecified atom stereocenters. The van der Waals surface area contributed by atoms with Crippen molar-refractivity contribution in [3.63, 3.8) is 0 Å². The van der Waals surface area contributed by atoms with Gasteiger partial charge in [0.05, 0.1) is 19.9 Å². The van der Waals surface area contributed by atoms with Crippen LogP contribution in [0.4, 0.5) is 11.4 Å². The zero-order valence-corrected chi connectivity index (χ0v) is 15.8. The van der Waals surface area contributed by atoms with E-state index in [0.29, 0.717) is 30.5 Å². The first-order valence-corrected chi connectivity index (χ1v) is 8.98. The molecule has 2 heterocycles. The average Bonchev–Trinajstić information content (AvgIpc) is 2.72. The molecule has 2 aromatic rings. The number of fused-ring (bicyclic) bond motifs is 2. The van der Waals surface area contributed by atoms with Gasteiger partial charge in [0, 0.05) is 35.2 Å². The fraction of sp³-hybridized carbons (Fsp3) is 0.286. The Kier molecular flexibility index (Phi) is 5.93. The normalized spacial score (nSPS) is 14.4. The second-order valence-corrected chi connectivity index (χ2v) is 6.41. The summed E-state index contributed by atoms with van der Waals surface area (Å²) in [6.45, 7) is 0. The Balaban J connectivity index is 0.000000162. The lowest BCUT2D eigenvalue weighted by molar-refractivity contribution is -0.117. The fourth-order valence-electron chi connectivity index (χ4n) is 3.36. The summed E-state index contributed by atoms with van der Waals surface area (Å²) in [5.74, 6) is 1.60. The topological polar surface area (TPSA) is 93.7 Å². The molecule has 146 valence electrons. The van der Waals surface area contributed by atoms with Gasteiger partial charge in [0.1, 0.15) is 11.5 Å². The molecular formula is C21H22N2O5. The Hall–Kier alpha value is -3.35. The Labute approximate surface area is 163 Å². The SMILES string of the molecule is COc1ccc(C=O)c2c1CCC(=O)N2.COc1cccc2c1CCC(=O)N2. The maximum atomic E-state index is 11.2. The van der Waals surface area contributed by atoms with Gasteiger partial charge in [-0.3, -0.25) is 14.4 Å². The van der Waals surface area contributed by atoms with Crippen LogP contribution in [-0.4, -0.2) is 32.3 Å². The number of rotatable bonds is 3. The van der Waals surface area contributed by atoms with Crippen molar-refractivity contribution in [2.45, 2.75) is 25.7 Å². The molecule has 0 spiro atoms. The van der Waals surface area contributed by atoms with Gasteiger partial charge < -0.3 is 20.1 Å². The summed E-state index contributed by atoms with van der Waals surface area (Å²) in [7, 11) is 3.22. The predicted molar refractivity (Wildman–Crippen MR) is 105 cm³/mol. The molecule has 0 radical (unpaired) electrons. The van der Waals surface area contributed by atoms with Gasteiger partial charge in [-0.2, -0.15) is 0 Å². The van der Waals surface area contributed by atoms with Crippen molar-refractivity contribution in [2.75, 3.05) is 24.9 Å². The Bertz CT molecular complexity index is 923. The van der Waals surface area contributed by atoms with E-state index in [2.05, 4.69) is 10.6 Å². The number of carbonyl (C=O) groups is 3. The maximum absolute atomic E-state index is 11.2. The minimum Gasteiger partial charge on any atom is -0.496 e. The molecule has 2 aromatic carbocycles. The number of anilines is 2. The molecule has 0 aliphatic carbocycles. The highest BCUT2D eigenvalue weighted by molar-refractivity contribution is 6.00. The van der Waals surface area contributed by atoms with E-state index in [0.717, 1.165) is 41.0 Å². The van der Waals surface area contributed by atoms with E-state index in [-0.39, 0.29) is 11.8 Å². The summed E-state index contributed by atoms with van der Waals surface area (Å²) in [4.78, 5) is 33.1. The smallest absolute Gasteiger partial charge is 0.224 e. The van der Waals surface area contributed by atoms with Crippen LogP contribution in [-0.2, 0) is 22.4 Å². The largest absolute Gasteiger partial charge is 0.496 e. The zero-order chi connectivity index (χ0) is 20.1. The molecular weight excluding hydrogens is 360 g/mol. The highest BCUT2D eigenvalue weighted by Crippen LogP contribution is 2.33. The van der Waals surface area contributed by atoms with Gasteiger partial charge in [-0.15, -0.1) is 0 Å². The number of amides is 2. The molecule has 2 amide bonds. The summed E-state index contributed by atoms with van der Waals surface area (Å²) >= 11 is 0. The highest BCUT2D eigenvalue weighted by atomic mass is 16.5. The van der Waals surface area contributed by atoms with Crippen LogP contribution in [0.3, 0.4) is 0 Å². The van der Waals surface area contributed by atoms with Gasteiger partial charge in [0.2, 0.25) is 11.8 Å². The van der Waals surface area contributed by atoms with Crippen LogP contribution in [0.1, 0.15) is 34.3 Å². The summed E-state index contributed by atoms with van der Waals surface area (Å²) in [6, 6.07) is 9.09. The van der Waals surface area contributed by atoms with Crippen molar-refractivity contribution in [2.24, 2.45) is 0 Å². The fourth-order valence-corrected chi connectivity index (χ4v) is 3.36. The molecule has 28 heavy (non-hydrogen) atoms. The lowest BCUT2D eigenvalue weighted by Gasteiger charge is -2.20. The number of hydrogen-bond acceptors (Lipinski definition) is 5. The first-order valence-electron chi connectivity index (χ1n) is 8.98. The molecule has 4 rings (SSSR count). The molecule has 0 saturated carbocycles. The molecule has 7 nitrogen and oxygen atoms in total. The first-order chi connectivity index (χ1) is 13.6. The lowest BCUT2D eigenvalue weighted by Crippen LogP contribution is -2.20. The molecule has 2 aliphatic rings. The third-order valence-corrected chi connectivity index (χ3v) is 4.74. The van der Waals surface area contributed by atoms with E-state index in [4.69, 9.17) is 9.47 Å². The monoisotopic (exact) mass is 382 g/mol. The summed E-state index contributed by atoms with van der Waals surface area (Å²) in [6.07, 6.45) is 3.11. The molecule has 0 atom stereocenters. The van der Waals surface area contributed by atoms with E-state index in [9.17, 15) is 14.4 Å². The molecule has 2 aliphatic heterocycles. The van der Waals surface area contributed by atoms with E-state index in [1.807, 2.05) is 18.2 Å². The number of aldehydes is 1. The maximum Gasteiger partial charge on any atom is 0.224 e. The molecule has 0 saturated heterocycles. The van der Waals surface area contributed by atoms with E-state index >= 15 is 0 Å². The number of benzene rings is 2. The summed E-state index contributed by atoms with van der Waals surface area (Å²) in [5, 5.41) is 5.52. The van der Waals surface area contributed by atoms with Gasteiger partial charge >= 0.3 is 0 Å². The van der Waals surface area contributed by atoms with Gasteiger partial charge in [-0.25, -0.2) is 0 Å². The van der Waals surface area contributed by atoms with Crippen molar-refractivity contribution < 1.29 is 23.9 Å². The quantitative estimate of drug-likeness (QED) is 0.796. The van der Waals surface area contributed by atoms with Gasteiger partial charge in [-0.1, -0.05) is 6.07 Å². The van der Waals surface area contributed by atoms with E-state index in [1.165, 1.54) is 0 Å². The van der Waals surface area contributed by atoms with E-state index < -0.39 is 0 Å². The molecule has 0 bridgehead atoms. The third-order valence-electron chi connectivity index (χ3n) is 4.74. The van der Waals surface area contributed by atoms with Crippen molar-refractivity contribution in [3.8, 4) is 11.5 Å². The summed E-state index contributed by atoms with van der Waals surface area (Å²) < 4.78 is 10.4. The number of nitrogens with one attached hydrogen (secondary N) is 2. The van der Waals surface area contributed by atoms with Crippen molar-refractivity contribution in [3.05, 3.63) is 47.0 Å². The molecule has 0 fully saturated rings. The van der Waals surface area contributed by atoms with Crippen molar-refractivity contribution >= 4 is 29.5 Å². The Morgan fingerprint density at radius 3 is 2.14 bits per heavy atom. The zero-order valence-electron chi connectivity index (χ0n) is 15.8. The molecule has 0 aromatic heterocycles. The molecule has 2 N–H and O–H groups in total. The minimum absolute atomic E-state index is 0.0566. The molecule has 7 heteroatoms. The van der Waals surface area contributed by atoms with Crippen molar-refractivity contribution in [1.29, 1.82) is 0 Å². The van der Waals surface area contributed by atoms with Crippen LogP contribution in [0.25, 0.3) is 0 Å². The van der Waals surface area contributed by atoms with Gasteiger partial charge in [0.15, 0.2) is 6.29 Å². The average molecular weight is 382 g/mol. The number of carbonyl (C=O) groups excluding carboxylic acids is 3. The predicted octanol–water partition coefficient (Wildman–Crippen LogP) is 2.97. The van der Waals surface area contributed by atoms with Crippen LogP contribution < -0.4 is 20.1 Å². The van der Waals surface area contributed by atoms with Crippen LogP contribution in [0.15, 0.2) is 30.3 Å². The minimum atomic E-state index is -0.0566. The number of methoxy groups -OCH3 is 2. The van der Waals surface area contributed by atoms with Crippen LogP contribution in [0, 0.1) is 0 Å². The number of hydrogen-bond donors (Lipinski definition) is 2. The summed E-state index contributed by atoms with van der Waals surface area (Å²) in [5.41, 5.74) is 3.99. The Morgan fingerprint density at radius 2 is 1.46 bits per heavy atom. The van der Waals surface area contributed by atoms with E-state index in [1.54, 1.807) is 26.4 Å².